The van der Waals surface area contributed by atoms with Crippen molar-refractivity contribution in [1.29, 1.82) is 0 Å². The van der Waals surface area contributed by atoms with Crippen molar-refractivity contribution in [2.24, 2.45) is 11.8 Å². The van der Waals surface area contributed by atoms with Crippen molar-refractivity contribution in [3.8, 4) is 0 Å². The van der Waals surface area contributed by atoms with E-state index < -0.39 is 6.10 Å². The van der Waals surface area contributed by atoms with Crippen molar-refractivity contribution >= 4 is 17.2 Å². The van der Waals surface area contributed by atoms with Crippen LogP contribution in [0.3, 0.4) is 0 Å². The largest absolute Gasteiger partial charge is 0.389 e. The topological polar surface area (TPSA) is 56.3 Å². The van der Waals surface area contributed by atoms with Crippen molar-refractivity contribution in [2.75, 3.05) is 59.0 Å². The second-order valence-corrected chi connectivity index (χ2v) is 9.60. The summed E-state index contributed by atoms with van der Waals surface area (Å²) in [6, 6.07) is 4.05. The van der Waals surface area contributed by atoms with E-state index in [1.807, 2.05) is 17.5 Å². The molecule has 1 aromatic rings. The fourth-order valence-electron chi connectivity index (χ4n) is 4.33. The Hall–Kier alpha value is -0.990. The van der Waals surface area contributed by atoms with E-state index in [1.54, 1.807) is 11.3 Å². The van der Waals surface area contributed by atoms with Crippen LogP contribution in [0.4, 0.5) is 0 Å². The first-order chi connectivity index (χ1) is 13.5. The lowest BCUT2D eigenvalue weighted by atomic mass is 9.92. The Morgan fingerprint density at radius 2 is 1.89 bits per heavy atom. The molecule has 0 spiro atoms. The third kappa shape index (κ3) is 6.81. The number of aliphatic hydroxyl groups is 1. The summed E-state index contributed by atoms with van der Waals surface area (Å²) in [4.78, 5) is 20.4. The zero-order valence-corrected chi connectivity index (χ0v) is 18.1. The number of nitrogens with zero attached hydrogens (tertiary/aromatic N) is 3. The molecule has 3 atom stereocenters. The number of likely N-dealkylation sites (tertiary alicyclic amines) is 1. The molecule has 2 saturated heterocycles. The van der Waals surface area contributed by atoms with E-state index in [4.69, 9.17) is 4.74 Å². The number of thiophene rings is 1. The summed E-state index contributed by atoms with van der Waals surface area (Å²) in [7, 11) is 0. The zero-order valence-electron chi connectivity index (χ0n) is 17.3. The summed E-state index contributed by atoms with van der Waals surface area (Å²) >= 11 is 1.67. The molecule has 0 radical (unpaired) electrons. The Kier molecular flexibility index (Phi) is 8.29. The van der Waals surface area contributed by atoms with Gasteiger partial charge in [0.05, 0.1) is 25.9 Å². The van der Waals surface area contributed by atoms with Gasteiger partial charge in [0.15, 0.2) is 0 Å². The summed E-state index contributed by atoms with van der Waals surface area (Å²) in [5.74, 6) is 1.48. The minimum Gasteiger partial charge on any atom is -0.389 e. The highest BCUT2D eigenvalue weighted by molar-refractivity contribution is 7.09. The Bertz CT molecular complexity index is 580. The molecule has 6 nitrogen and oxygen atoms in total. The van der Waals surface area contributed by atoms with E-state index in [0.29, 0.717) is 38.1 Å². The summed E-state index contributed by atoms with van der Waals surface area (Å²) in [6.45, 7) is 11.9. The maximum Gasteiger partial charge on any atom is 0.236 e. The number of piperidine rings is 1. The number of ether oxygens (including phenoxy) is 1. The Morgan fingerprint density at radius 1 is 1.21 bits per heavy atom. The number of piperazine rings is 1. The number of hydrogen-bond donors (Lipinski definition) is 1. The lowest BCUT2D eigenvalue weighted by Crippen LogP contribution is -2.53. The summed E-state index contributed by atoms with van der Waals surface area (Å²) < 4.78 is 5.61. The van der Waals surface area contributed by atoms with E-state index in [0.717, 1.165) is 39.3 Å². The van der Waals surface area contributed by atoms with E-state index in [-0.39, 0.29) is 5.91 Å². The van der Waals surface area contributed by atoms with Crippen molar-refractivity contribution in [1.82, 2.24) is 14.7 Å². The van der Waals surface area contributed by atoms with Crippen molar-refractivity contribution in [3.63, 3.8) is 0 Å². The van der Waals surface area contributed by atoms with Gasteiger partial charge in [0.1, 0.15) is 0 Å². The van der Waals surface area contributed by atoms with Crippen LogP contribution in [0, 0.1) is 11.8 Å². The number of aliphatic hydroxyl groups excluding tert-OH is 1. The molecule has 2 aliphatic heterocycles. The predicted molar refractivity (Wildman–Crippen MR) is 112 cm³/mol. The minimum atomic E-state index is -0.468. The van der Waals surface area contributed by atoms with Gasteiger partial charge in [-0.3, -0.25) is 14.6 Å². The number of carbonyl (C=O) groups excluding carboxylic acids is 1. The number of rotatable bonds is 8. The van der Waals surface area contributed by atoms with Crippen LogP contribution in [0.5, 0.6) is 0 Å². The maximum atomic E-state index is 12.6. The van der Waals surface area contributed by atoms with Crippen LogP contribution in [0.15, 0.2) is 17.5 Å². The quantitative estimate of drug-likeness (QED) is 0.709. The fraction of sp³-hybridized carbons (Fsp3) is 0.762. The molecule has 2 aliphatic rings. The van der Waals surface area contributed by atoms with E-state index in [1.165, 1.54) is 11.3 Å². The normalized spacial score (nSPS) is 25.8. The molecule has 3 unspecified atom stereocenters. The van der Waals surface area contributed by atoms with Crippen LogP contribution >= 0.6 is 11.3 Å². The Balaban J connectivity index is 1.31. The van der Waals surface area contributed by atoms with Crippen molar-refractivity contribution < 1.29 is 14.6 Å². The number of amides is 1. The first kappa shape index (κ1) is 21.7. The number of carbonyl (C=O) groups is 1. The SMILES string of the molecule is CC1CC(C)CN(C(=O)CN2CCN(CC(O)COCc3cccs3)CC2)C1. The van der Waals surface area contributed by atoms with Crippen LogP contribution in [-0.4, -0.2) is 90.8 Å². The lowest BCUT2D eigenvalue weighted by molar-refractivity contribution is -0.135. The fourth-order valence-corrected chi connectivity index (χ4v) is 4.97. The molecule has 0 bridgehead atoms. The lowest BCUT2D eigenvalue weighted by Gasteiger charge is -2.38. The van der Waals surface area contributed by atoms with Crippen molar-refractivity contribution in [2.45, 2.75) is 33.0 Å². The van der Waals surface area contributed by atoms with Crippen LogP contribution in [0.2, 0.25) is 0 Å². The van der Waals surface area contributed by atoms with Gasteiger partial charge in [0.25, 0.3) is 0 Å². The van der Waals surface area contributed by atoms with Gasteiger partial charge in [0.2, 0.25) is 5.91 Å². The monoisotopic (exact) mass is 409 g/mol. The summed E-state index contributed by atoms with van der Waals surface area (Å²) in [6.07, 6.45) is 0.756. The second-order valence-electron chi connectivity index (χ2n) is 8.57. The molecular formula is C21H35N3O3S. The molecule has 7 heteroatoms. The first-order valence-electron chi connectivity index (χ1n) is 10.5. The molecular weight excluding hydrogens is 374 g/mol. The molecule has 2 fully saturated rings. The standard InChI is InChI=1S/C21H35N3O3S/c1-17-10-18(2)12-24(11-17)21(26)14-23-7-5-22(6-8-23)13-19(25)15-27-16-20-4-3-9-28-20/h3-4,9,17-19,25H,5-8,10-16H2,1-2H3. The maximum absolute atomic E-state index is 12.6. The van der Waals surface area contributed by atoms with E-state index in [9.17, 15) is 9.90 Å². The summed E-state index contributed by atoms with van der Waals surface area (Å²) in [5.41, 5.74) is 0. The Labute approximate surface area is 173 Å². The predicted octanol–water partition coefficient (Wildman–Crippen LogP) is 1.75. The van der Waals surface area contributed by atoms with Crippen LogP contribution in [0.25, 0.3) is 0 Å². The summed E-state index contributed by atoms with van der Waals surface area (Å²) in [5, 5.41) is 12.3. The number of β-amino-alcohol motifs (C(OH)–C–C–N with tert-alkyl or cyclic N) is 1. The molecule has 28 heavy (non-hydrogen) atoms. The van der Waals surface area contributed by atoms with Gasteiger partial charge in [-0.1, -0.05) is 19.9 Å². The Morgan fingerprint density at radius 3 is 2.54 bits per heavy atom. The molecule has 0 saturated carbocycles. The van der Waals surface area contributed by atoms with Gasteiger partial charge >= 0.3 is 0 Å². The molecule has 0 aliphatic carbocycles. The van der Waals surface area contributed by atoms with Gasteiger partial charge in [-0.25, -0.2) is 0 Å². The molecule has 1 N–H and O–H groups in total. The molecule has 158 valence electrons. The average Bonchev–Trinajstić information content (AvgIpc) is 3.16. The number of hydrogen-bond acceptors (Lipinski definition) is 6. The highest BCUT2D eigenvalue weighted by Crippen LogP contribution is 2.21. The molecule has 1 aromatic heterocycles. The van der Waals surface area contributed by atoms with Crippen LogP contribution in [0.1, 0.15) is 25.1 Å². The van der Waals surface area contributed by atoms with Gasteiger partial charge in [-0.2, -0.15) is 0 Å². The molecule has 3 heterocycles. The molecule has 0 aromatic carbocycles. The van der Waals surface area contributed by atoms with Gasteiger partial charge in [-0.15, -0.1) is 11.3 Å². The average molecular weight is 410 g/mol. The van der Waals surface area contributed by atoms with Gasteiger partial charge < -0.3 is 14.7 Å². The minimum absolute atomic E-state index is 0.272. The van der Waals surface area contributed by atoms with Crippen LogP contribution in [-0.2, 0) is 16.1 Å². The smallest absolute Gasteiger partial charge is 0.236 e. The molecule has 3 rings (SSSR count). The highest BCUT2D eigenvalue weighted by atomic mass is 32.1. The third-order valence-electron chi connectivity index (χ3n) is 5.65. The van der Waals surface area contributed by atoms with Crippen molar-refractivity contribution in [3.05, 3.63) is 22.4 Å². The molecule has 1 amide bonds. The third-order valence-corrected chi connectivity index (χ3v) is 6.50. The van der Waals surface area contributed by atoms with Gasteiger partial charge in [0, 0.05) is 50.7 Å². The van der Waals surface area contributed by atoms with E-state index in [2.05, 4.69) is 28.5 Å². The first-order valence-corrected chi connectivity index (χ1v) is 11.4. The van der Waals surface area contributed by atoms with E-state index >= 15 is 0 Å². The zero-order chi connectivity index (χ0) is 19.9. The van der Waals surface area contributed by atoms with Gasteiger partial charge in [-0.05, 0) is 29.7 Å². The highest BCUT2D eigenvalue weighted by Gasteiger charge is 2.27. The second kappa shape index (κ2) is 10.7. The van der Waals surface area contributed by atoms with Crippen LogP contribution < -0.4 is 0 Å².